The topological polar surface area (TPSA) is 55.1 Å². The Kier molecular flexibility index (Phi) is 3.73. The average Bonchev–Trinajstić information content (AvgIpc) is 2.75. The third-order valence-electron chi connectivity index (χ3n) is 2.58. The highest BCUT2D eigenvalue weighted by Crippen LogP contribution is 2.23. The zero-order valence-corrected chi connectivity index (χ0v) is 11.8. The predicted octanol–water partition coefficient (Wildman–Crippen LogP) is 3.48. The van der Waals surface area contributed by atoms with Crippen molar-refractivity contribution in [3.63, 3.8) is 0 Å². The zero-order chi connectivity index (χ0) is 13.3. The van der Waals surface area contributed by atoms with E-state index in [1.165, 1.54) is 0 Å². The van der Waals surface area contributed by atoms with E-state index in [9.17, 15) is 4.79 Å². The quantitative estimate of drug-likeness (QED) is 0.938. The van der Waals surface area contributed by atoms with Gasteiger partial charge in [0, 0.05) is 21.3 Å². The van der Waals surface area contributed by atoms with Crippen molar-refractivity contribution in [2.75, 3.05) is 0 Å². The van der Waals surface area contributed by atoms with E-state index in [2.05, 4.69) is 21.0 Å². The van der Waals surface area contributed by atoms with E-state index in [0.717, 1.165) is 10.2 Å². The molecule has 4 nitrogen and oxygen atoms in total. The summed E-state index contributed by atoms with van der Waals surface area (Å²) >= 11 is 9.30. The maximum atomic E-state index is 10.9. The number of halogens is 2. The van der Waals surface area contributed by atoms with Crippen LogP contribution in [0, 0.1) is 0 Å². The number of carboxylic acids is 1. The van der Waals surface area contributed by atoms with Crippen LogP contribution in [-0.4, -0.2) is 20.9 Å². The first-order valence-electron chi connectivity index (χ1n) is 5.21. The Morgan fingerprint density at radius 1 is 1.50 bits per heavy atom. The van der Waals surface area contributed by atoms with Gasteiger partial charge in [0.15, 0.2) is 0 Å². The van der Waals surface area contributed by atoms with E-state index >= 15 is 0 Å². The van der Waals surface area contributed by atoms with Gasteiger partial charge in [0.2, 0.25) is 0 Å². The lowest BCUT2D eigenvalue weighted by molar-refractivity contribution is -0.138. The van der Waals surface area contributed by atoms with Crippen molar-refractivity contribution in [3.8, 4) is 5.69 Å². The number of hydrogen-bond acceptors (Lipinski definition) is 2. The molecule has 0 amide bonds. The lowest BCUT2D eigenvalue weighted by Gasteiger charge is -2.04. The van der Waals surface area contributed by atoms with Gasteiger partial charge in [-0.05, 0) is 25.1 Å². The molecule has 6 heteroatoms. The molecular weight excluding hydrogens is 320 g/mol. The van der Waals surface area contributed by atoms with E-state index in [1.54, 1.807) is 36.1 Å². The first-order chi connectivity index (χ1) is 8.47. The number of nitrogens with zero attached hydrogens (tertiary/aromatic N) is 2. The predicted molar refractivity (Wildman–Crippen MR) is 72.3 cm³/mol. The van der Waals surface area contributed by atoms with Gasteiger partial charge in [0.25, 0.3) is 0 Å². The molecule has 1 N–H and O–H groups in total. The second kappa shape index (κ2) is 5.12. The second-order valence-corrected chi connectivity index (χ2v) is 5.26. The fourth-order valence-corrected chi connectivity index (χ4v) is 2.36. The van der Waals surface area contributed by atoms with Gasteiger partial charge in [0.1, 0.15) is 0 Å². The summed E-state index contributed by atoms with van der Waals surface area (Å²) in [6.07, 6.45) is 3.24. The minimum absolute atomic E-state index is 0.582. The van der Waals surface area contributed by atoms with Crippen LogP contribution in [0.2, 0.25) is 5.02 Å². The Bertz CT molecular complexity index is 577. The van der Waals surface area contributed by atoms with Crippen molar-refractivity contribution in [3.05, 3.63) is 45.7 Å². The Labute approximate surface area is 117 Å². The van der Waals surface area contributed by atoms with Gasteiger partial charge >= 0.3 is 5.97 Å². The molecule has 1 aromatic heterocycles. The number of hydrogen-bond donors (Lipinski definition) is 1. The molecule has 0 spiro atoms. The number of carbonyl (C=O) groups is 1. The number of rotatable bonds is 3. The molecule has 18 heavy (non-hydrogen) atoms. The SMILES string of the molecule is CC(C(=O)O)c1cnn(-c2cc(Cl)cc(Br)c2)c1. The van der Waals surface area contributed by atoms with E-state index in [4.69, 9.17) is 16.7 Å². The number of benzene rings is 1. The normalized spacial score (nSPS) is 12.4. The largest absolute Gasteiger partial charge is 0.481 e. The van der Waals surface area contributed by atoms with Crippen LogP contribution >= 0.6 is 27.5 Å². The monoisotopic (exact) mass is 328 g/mol. The average molecular weight is 330 g/mol. The van der Waals surface area contributed by atoms with Gasteiger partial charge in [-0.15, -0.1) is 0 Å². The molecule has 0 bridgehead atoms. The Balaban J connectivity index is 2.37. The fraction of sp³-hybridized carbons (Fsp3) is 0.167. The van der Waals surface area contributed by atoms with E-state index in [0.29, 0.717) is 10.6 Å². The zero-order valence-electron chi connectivity index (χ0n) is 9.47. The fourth-order valence-electron chi connectivity index (χ4n) is 1.52. The molecule has 0 aliphatic heterocycles. The summed E-state index contributed by atoms with van der Waals surface area (Å²) in [7, 11) is 0. The molecule has 0 fully saturated rings. The summed E-state index contributed by atoms with van der Waals surface area (Å²) < 4.78 is 2.44. The summed E-state index contributed by atoms with van der Waals surface area (Å²) in [6, 6.07) is 5.39. The summed E-state index contributed by atoms with van der Waals surface area (Å²) in [5.41, 5.74) is 1.43. The summed E-state index contributed by atoms with van der Waals surface area (Å²) in [4.78, 5) is 10.9. The molecule has 1 aromatic carbocycles. The van der Waals surface area contributed by atoms with Crippen LogP contribution in [0.4, 0.5) is 0 Å². The smallest absolute Gasteiger partial charge is 0.310 e. The van der Waals surface area contributed by atoms with Gasteiger partial charge in [-0.2, -0.15) is 5.10 Å². The molecule has 1 atom stereocenters. The van der Waals surface area contributed by atoms with E-state index in [-0.39, 0.29) is 0 Å². The highest BCUT2D eigenvalue weighted by molar-refractivity contribution is 9.10. The molecule has 94 valence electrons. The maximum Gasteiger partial charge on any atom is 0.310 e. The van der Waals surface area contributed by atoms with Crippen molar-refractivity contribution in [2.24, 2.45) is 0 Å². The Hall–Kier alpha value is -1.33. The Morgan fingerprint density at radius 3 is 2.83 bits per heavy atom. The summed E-state index contributed by atoms with van der Waals surface area (Å²) in [6.45, 7) is 1.62. The van der Waals surface area contributed by atoms with E-state index in [1.807, 2.05) is 6.07 Å². The van der Waals surface area contributed by atoms with Gasteiger partial charge in [-0.25, -0.2) is 4.68 Å². The van der Waals surface area contributed by atoms with Gasteiger partial charge in [-0.1, -0.05) is 27.5 Å². The molecule has 2 rings (SSSR count). The number of aromatic nitrogens is 2. The summed E-state index contributed by atoms with van der Waals surface area (Å²) in [5.74, 6) is -1.46. The van der Waals surface area contributed by atoms with Crippen molar-refractivity contribution in [1.29, 1.82) is 0 Å². The van der Waals surface area contributed by atoms with Crippen LogP contribution < -0.4 is 0 Å². The molecule has 0 saturated heterocycles. The molecule has 0 aliphatic carbocycles. The van der Waals surface area contributed by atoms with Crippen LogP contribution in [0.1, 0.15) is 18.4 Å². The summed E-state index contributed by atoms with van der Waals surface area (Å²) in [5, 5.41) is 13.7. The first-order valence-corrected chi connectivity index (χ1v) is 6.38. The molecule has 0 aliphatic rings. The lowest BCUT2D eigenvalue weighted by Crippen LogP contribution is -2.06. The maximum absolute atomic E-state index is 10.9. The molecule has 0 saturated carbocycles. The lowest BCUT2D eigenvalue weighted by atomic mass is 10.1. The van der Waals surface area contributed by atoms with Crippen LogP contribution in [-0.2, 0) is 4.79 Å². The second-order valence-electron chi connectivity index (χ2n) is 3.91. The van der Waals surface area contributed by atoms with Crippen molar-refractivity contribution >= 4 is 33.5 Å². The Morgan fingerprint density at radius 2 is 2.22 bits per heavy atom. The number of aliphatic carboxylic acids is 1. The third-order valence-corrected chi connectivity index (χ3v) is 3.26. The van der Waals surface area contributed by atoms with Gasteiger partial charge in [-0.3, -0.25) is 4.79 Å². The highest BCUT2D eigenvalue weighted by Gasteiger charge is 2.15. The van der Waals surface area contributed by atoms with E-state index < -0.39 is 11.9 Å². The third kappa shape index (κ3) is 2.73. The van der Waals surface area contributed by atoms with Crippen molar-refractivity contribution < 1.29 is 9.90 Å². The van der Waals surface area contributed by atoms with Crippen molar-refractivity contribution in [1.82, 2.24) is 9.78 Å². The molecular formula is C12H10BrClN2O2. The number of carboxylic acid groups (broad SMARTS) is 1. The highest BCUT2D eigenvalue weighted by atomic mass is 79.9. The molecule has 1 heterocycles. The van der Waals surface area contributed by atoms with Crippen LogP contribution in [0.15, 0.2) is 35.1 Å². The van der Waals surface area contributed by atoms with Gasteiger partial charge in [0.05, 0.1) is 17.8 Å². The van der Waals surface area contributed by atoms with Crippen molar-refractivity contribution in [2.45, 2.75) is 12.8 Å². The molecule has 1 unspecified atom stereocenters. The van der Waals surface area contributed by atoms with Crippen LogP contribution in [0.25, 0.3) is 5.69 Å². The molecule has 2 aromatic rings. The minimum atomic E-state index is -0.873. The standard InChI is InChI=1S/C12H10BrClN2O2/c1-7(12(17)18)8-5-15-16(6-8)11-3-9(13)2-10(14)4-11/h2-7H,1H3,(H,17,18). The van der Waals surface area contributed by atoms with Crippen LogP contribution in [0.5, 0.6) is 0 Å². The van der Waals surface area contributed by atoms with Gasteiger partial charge < -0.3 is 5.11 Å². The van der Waals surface area contributed by atoms with Crippen LogP contribution in [0.3, 0.4) is 0 Å². The minimum Gasteiger partial charge on any atom is -0.481 e. The molecule has 0 radical (unpaired) electrons. The first kappa shape index (κ1) is 13.1.